The smallest absolute Gasteiger partial charge is 0.148 e. The first-order valence-corrected chi connectivity index (χ1v) is 7.74. The number of aromatic nitrogens is 2. The average molecular weight is 280 g/mol. The van der Waals surface area contributed by atoms with Gasteiger partial charge < -0.3 is 16.2 Å². The van der Waals surface area contributed by atoms with Crippen LogP contribution >= 0.6 is 0 Å². The van der Waals surface area contributed by atoms with Crippen molar-refractivity contribution < 1.29 is 5.11 Å². The van der Waals surface area contributed by atoms with E-state index in [1.165, 1.54) is 0 Å². The SMILES string of the molecule is CCCn1nc(C)c(N)c1NCC1(O)CCC(C)CC1. The van der Waals surface area contributed by atoms with E-state index in [9.17, 15) is 5.11 Å². The van der Waals surface area contributed by atoms with Crippen LogP contribution in [0.15, 0.2) is 0 Å². The zero-order chi connectivity index (χ0) is 14.8. The standard InChI is InChI=1S/C15H28N4O/c1-4-9-19-14(13(16)12(3)18-19)17-10-15(20)7-5-11(2)6-8-15/h11,17,20H,4-10,16H2,1-3H3. The predicted molar refractivity (Wildman–Crippen MR) is 82.7 cm³/mol. The maximum atomic E-state index is 10.6. The molecule has 0 aromatic carbocycles. The molecule has 1 aliphatic rings. The van der Waals surface area contributed by atoms with Crippen LogP contribution < -0.4 is 11.1 Å². The molecule has 2 rings (SSSR count). The molecule has 1 aliphatic carbocycles. The normalized spacial score (nSPS) is 26.7. The van der Waals surface area contributed by atoms with Crippen molar-refractivity contribution >= 4 is 11.5 Å². The number of nitrogens with zero attached hydrogens (tertiary/aromatic N) is 2. The number of nitrogens with two attached hydrogens (primary N) is 1. The first-order chi connectivity index (χ1) is 9.45. The van der Waals surface area contributed by atoms with Crippen LogP contribution in [0, 0.1) is 12.8 Å². The van der Waals surface area contributed by atoms with E-state index in [1.54, 1.807) is 0 Å². The molecule has 5 nitrogen and oxygen atoms in total. The van der Waals surface area contributed by atoms with Crippen molar-refractivity contribution in [3.8, 4) is 0 Å². The molecule has 4 N–H and O–H groups in total. The summed E-state index contributed by atoms with van der Waals surface area (Å²) in [6.45, 7) is 7.69. The second-order valence-corrected chi connectivity index (χ2v) is 6.33. The highest BCUT2D eigenvalue weighted by atomic mass is 16.3. The molecule has 20 heavy (non-hydrogen) atoms. The third kappa shape index (κ3) is 3.26. The quantitative estimate of drug-likeness (QED) is 0.774. The Hall–Kier alpha value is -1.23. The average Bonchev–Trinajstić information content (AvgIpc) is 2.68. The molecule has 0 saturated heterocycles. The van der Waals surface area contributed by atoms with Gasteiger partial charge in [0, 0.05) is 13.1 Å². The van der Waals surface area contributed by atoms with Crippen LogP contribution in [0.5, 0.6) is 0 Å². The van der Waals surface area contributed by atoms with E-state index in [2.05, 4.69) is 24.3 Å². The van der Waals surface area contributed by atoms with E-state index in [1.807, 2.05) is 11.6 Å². The van der Waals surface area contributed by atoms with Gasteiger partial charge in [-0.15, -0.1) is 0 Å². The Morgan fingerprint density at radius 1 is 1.45 bits per heavy atom. The Kier molecular flexibility index (Phi) is 4.58. The first-order valence-electron chi connectivity index (χ1n) is 7.74. The van der Waals surface area contributed by atoms with Gasteiger partial charge in [-0.3, -0.25) is 0 Å². The van der Waals surface area contributed by atoms with Gasteiger partial charge in [0.25, 0.3) is 0 Å². The molecule has 0 amide bonds. The molecule has 1 aromatic heterocycles. The van der Waals surface area contributed by atoms with Gasteiger partial charge in [-0.25, -0.2) is 4.68 Å². The predicted octanol–water partition coefficient (Wildman–Crippen LogP) is 2.54. The number of nitrogens with one attached hydrogen (secondary N) is 1. The van der Waals surface area contributed by atoms with Crippen LogP contribution in [0.4, 0.5) is 11.5 Å². The van der Waals surface area contributed by atoms with Gasteiger partial charge in [-0.05, 0) is 44.9 Å². The molecular formula is C15H28N4O. The van der Waals surface area contributed by atoms with Gasteiger partial charge in [-0.1, -0.05) is 13.8 Å². The number of rotatable bonds is 5. The Labute approximate surface area is 121 Å². The van der Waals surface area contributed by atoms with Crippen LogP contribution in [0.1, 0.15) is 51.6 Å². The van der Waals surface area contributed by atoms with Crippen molar-refractivity contribution in [2.45, 2.75) is 65.0 Å². The van der Waals surface area contributed by atoms with Crippen LogP contribution in [0.25, 0.3) is 0 Å². The monoisotopic (exact) mass is 280 g/mol. The molecule has 114 valence electrons. The van der Waals surface area contributed by atoms with Crippen LogP contribution in [0.2, 0.25) is 0 Å². The summed E-state index contributed by atoms with van der Waals surface area (Å²) in [4.78, 5) is 0. The number of hydrogen-bond donors (Lipinski definition) is 3. The lowest BCUT2D eigenvalue weighted by Gasteiger charge is -2.35. The molecule has 1 saturated carbocycles. The number of hydrogen-bond acceptors (Lipinski definition) is 4. The molecule has 0 bridgehead atoms. The highest BCUT2D eigenvalue weighted by Gasteiger charge is 2.32. The lowest BCUT2D eigenvalue weighted by atomic mass is 9.79. The molecule has 0 radical (unpaired) electrons. The van der Waals surface area contributed by atoms with Gasteiger partial charge in [0.1, 0.15) is 5.82 Å². The lowest BCUT2D eigenvalue weighted by molar-refractivity contribution is 0.00490. The molecule has 0 aliphatic heterocycles. The summed E-state index contributed by atoms with van der Waals surface area (Å²) >= 11 is 0. The highest BCUT2D eigenvalue weighted by Crippen LogP contribution is 2.32. The third-order valence-corrected chi connectivity index (χ3v) is 4.40. The number of nitrogen functional groups attached to an aromatic ring is 1. The van der Waals surface area contributed by atoms with Crippen molar-refractivity contribution in [1.29, 1.82) is 0 Å². The minimum atomic E-state index is -0.603. The van der Waals surface area contributed by atoms with Gasteiger partial charge in [0.15, 0.2) is 0 Å². The van der Waals surface area contributed by atoms with Crippen molar-refractivity contribution in [3.63, 3.8) is 0 Å². The number of aliphatic hydroxyl groups is 1. The summed E-state index contributed by atoms with van der Waals surface area (Å²) in [5.41, 5.74) is 7.04. The Morgan fingerprint density at radius 2 is 2.10 bits per heavy atom. The number of anilines is 2. The maximum absolute atomic E-state index is 10.6. The Morgan fingerprint density at radius 3 is 2.70 bits per heavy atom. The van der Waals surface area contributed by atoms with E-state index in [0.717, 1.165) is 56.1 Å². The fourth-order valence-corrected chi connectivity index (χ4v) is 2.88. The maximum Gasteiger partial charge on any atom is 0.148 e. The number of aryl methyl sites for hydroxylation is 2. The minimum Gasteiger partial charge on any atom is -0.394 e. The van der Waals surface area contributed by atoms with E-state index >= 15 is 0 Å². The molecule has 0 atom stereocenters. The van der Waals surface area contributed by atoms with Gasteiger partial charge >= 0.3 is 0 Å². The summed E-state index contributed by atoms with van der Waals surface area (Å²) in [5, 5.41) is 18.4. The molecule has 5 heteroatoms. The molecule has 1 fully saturated rings. The van der Waals surface area contributed by atoms with Crippen molar-refractivity contribution in [1.82, 2.24) is 9.78 Å². The van der Waals surface area contributed by atoms with Crippen molar-refractivity contribution in [3.05, 3.63) is 5.69 Å². The molecule has 1 heterocycles. The molecular weight excluding hydrogens is 252 g/mol. The first kappa shape index (κ1) is 15.2. The summed E-state index contributed by atoms with van der Waals surface area (Å²) in [7, 11) is 0. The van der Waals surface area contributed by atoms with Crippen LogP contribution in [-0.2, 0) is 6.54 Å². The molecule has 0 spiro atoms. The van der Waals surface area contributed by atoms with E-state index < -0.39 is 5.60 Å². The Bertz CT molecular complexity index is 447. The lowest BCUT2D eigenvalue weighted by Crippen LogP contribution is -2.40. The third-order valence-electron chi connectivity index (χ3n) is 4.40. The molecule has 0 unspecified atom stereocenters. The second kappa shape index (κ2) is 6.04. The van der Waals surface area contributed by atoms with Gasteiger partial charge in [0.2, 0.25) is 0 Å². The fraction of sp³-hybridized carbons (Fsp3) is 0.800. The summed E-state index contributed by atoms with van der Waals surface area (Å²) in [6, 6.07) is 0. The minimum absolute atomic E-state index is 0.554. The summed E-state index contributed by atoms with van der Waals surface area (Å²) in [6.07, 6.45) is 4.93. The van der Waals surface area contributed by atoms with E-state index in [-0.39, 0.29) is 0 Å². The summed E-state index contributed by atoms with van der Waals surface area (Å²) < 4.78 is 1.92. The van der Waals surface area contributed by atoms with E-state index in [4.69, 9.17) is 5.73 Å². The Balaban J connectivity index is 2.03. The van der Waals surface area contributed by atoms with Crippen LogP contribution in [0.3, 0.4) is 0 Å². The second-order valence-electron chi connectivity index (χ2n) is 6.33. The van der Waals surface area contributed by atoms with Gasteiger partial charge in [-0.2, -0.15) is 5.10 Å². The zero-order valence-corrected chi connectivity index (χ0v) is 12.9. The van der Waals surface area contributed by atoms with Crippen LogP contribution in [-0.4, -0.2) is 27.0 Å². The van der Waals surface area contributed by atoms with Crippen molar-refractivity contribution in [2.75, 3.05) is 17.6 Å². The van der Waals surface area contributed by atoms with Gasteiger partial charge in [0.05, 0.1) is 17.0 Å². The largest absolute Gasteiger partial charge is 0.394 e. The fourth-order valence-electron chi connectivity index (χ4n) is 2.88. The van der Waals surface area contributed by atoms with E-state index in [0.29, 0.717) is 12.2 Å². The van der Waals surface area contributed by atoms with Crippen molar-refractivity contribution in [2.24, 2.45) is 5.92 Å². The highest BCUT2D eigenvalue weighted by molar-refractivity contribution is 5.64. The molecule has 1 aromatic rings. The topological polar surface area (TPSA) is 76.1 Å². The summed E-state index contributed by atoms with van der Waals surface area (Å²) in [5.74, 6) is 1.59. The zero-order valence-electron chi connectivity index (χ0n) is 12.9.